The van der Waals surface area contributed by atoms with E-state index in [-0.39, 0.29) is 21.9 Å². The molecule has 0 bridgehead atoms. The van der Waals surface area contributed by atoms with Crippen molar-refractivity contribution in [2.24, 2.45) is 0 Å². The van der Waals surface area contributed by atoms with Crippen LogP contribution in [0.4, 0.5) is 11.4 Å². The van der Waals surface area contributed by atoms with Crippen LogP contribution >= 0.6 is 23.2 Å². The molecule has 0 atom stereocenters. The van der Waals surface area contributed by atoms with Crippen LogP contribution in [0.15, 0.2) is 24.5 Å². The van der Waals surface area contributed by atoms with E-state index >= 15 is 0 Å². The zero-order valence-electron chi connectivity index (χ0n) is 9.95. The van der Waals surface area contributed by atoms with Crippen LogP contribution < -0.4 is 11.1 Å². The number of hydrogen-bond acceptors (Lipinski definition) is 4. The highest BCUT2D eigenvalue weighted by atomic mass is 35.5. The van der Waals surface area contributed by atoms with Crippen LogP contribution in [-0.2, 0) is 0 Å². The van der Waals surface area contributed by atoms with Crippen molar-refractivity contribution in [3.63, 3.8) is 0 Å². The molecule has 0 radical (unpaired) electrons. The van der Waals surface area contributed by atoms with Crippen LogP contribution in [0.3, 0.4) is 0 Å². The first-order chi connectivity index (χ1) is 8.99. The number of aryl methyl sites for hydroxylation is 1. The molecule has 1 aromatic heterocycles. The van der Waals surface area contributed by atoms with E-state index in [9.17, 15) is 4.79 Å². The number of benzene rings is 1. The molecule has 5 nitrogen and oxygen atoms in total. The van der Waals surface area contributed by atoms with Crippen LogP contribution in [0.5, 0.6) is 0 Å². The van der Waals surface area contributed by atoms with E-state index in [0.717, 1.165) is 5.56 Å². The topological polar surface area (TPSA) is 80.9 Å². The lowest BCUT2D eigenvalue weighted by molar-refractivity contribution is 0.102. The number of rotatable bonds is 2. The molecule has 0 fully saturated rings. The number of nitrogens with one attached hydrogen (secondary N) is 1. The Hall–Kier alpha value is -1.85. The minimum absolute atomic E-state index is 0.0847. The third-order valence-corrected chi connectivity index (χ3v) is 3.06. The molecule has 98 valence electrons. The van der Waals surface area contributed by atoms with Gasteiger partial charge in [0.25, 0.3) is 5.91 Å². The summed E-state index contributed by atoms with van der Waals surface area (Å²) in [7, 11) is 0. The van der Waals surface area contributed by atoms with Crippen LogP contribution in [0.1, 0.15) is 15.9 Å². The highest BCUT2D eigenvalue weighted by molar-refractivity contribution is 6.38. The Bertz CT molecular complexity index is 625. The largest absolute Gasteiger partial charge is 0.399 e. The van der Waals surface area contributed by atoms with Gasteiger partial charge in [-0.05, 0) is 30.7 Å². The number of nitrogens with zero attached hydrogens (tertiary/aromatic N) is 2. The lowest BCUT2D eigenvalue weighted by Crippen LogP contribution is -2.14. The van der Waals surface area contributed by atoms with Crippen molar-refractivity contribution in [3.8, 4) is 0 Å². The first-order valence-corrected chi connectivity index (χ1v) is 6.08. The molecule has 0 saturated heterocycles. The smallest absolute Gasteiger partial charge is 0.256 e. The van der Waals surface area contributed by atoms with Gasteiger partial charge in [0, 0.05) is 11.3 Å². The van der Waals surface area contributed by atoms with Gasteiger partial charge in [0.1, 0.15) is 12.0 Å². The van der Waals surface area contributed by atoms with Gasteiger partial charge in [0.15, 0.2) is 10.3 Å². The van der Waals surface area contributed by atoms with Crippen molar-refractivity contribution in [2.75, 3.05) is 11.1 Å². The second-order valence-corrected chi connectivity index (χ2v) is 4.57. The van der Waals surface area contributed by atoms with E-state index in [1.165, 1.54) is 6.33 Å². The molecule has 19 heavy (non-hydrogen) atoms. The minimum Gasteiger partial charge on any atom is -0.399 e. The van der Waals surface area contributed by atoms with Crippen LogP contribution in [0, 0.1) is 6.92 Å². The van der Waals surface area contributed by atoms with Gasteiger partial charge in [-0.25, -0.2) is 9.97 Å². The van der Waals surface area contributed by atoms with Gasteiger partial charge in [0.05, 0.1) is 0 Å². The van der Waals surface area contributed by atoms with Crippen molar-refractivity contribution in [2.45, 2.75) is 6.92 Å². The van der Waals surface area contributed by atoms with Gasteiger partial charge in [-0.3, -0.25) is 4.79 Å². The number of anilines is 2. The highest BCUT2D eigenvalue weighted by Gasteiger charge is 2.14. The predicted octanol–water partition coefficient (Wildman–Crippen LogP) is 2.93. The zero-order chi connectivity index (χ0) is 14.0. The summed E-state index contributed by atoms with van der Waals surface area (Å²) in [6, 6.07) is 4.98. The molecule has 3 N–H and O–H groups in total. The second-order valence-electron chi connectivity index (χ2n) is 3.86. The zero-order valence-corrected chi connectivity index (χ0v) is 11.5. The Morgan fingerprint density at radius 3 is 2.47 bits per heavy atom. The highest BCUT2D eigenvalue weighted by Crippen LogP contribution is 2.26. The molecule has 0 saturated carbocycles. The second kappa shape index (κ2) is 5.42. The molecule has 1 aromatic carbocycles. The van der Waals surface area contributed by atoms with E-state index in [0.29, 0.717) is 11.3 Å². The van der Waals surface area contributed by atoms with E-state index in [1.54, 1.807) is 25.1 Å². The number of carbonyl (C=O) groups is 1. The average Bonchev–Trinajstić information content (AvgIpc) is 2.33. The molecule has 0 aliphatic rings. The fraction of sp³-hybridized carbons (Fsp3) is 0.0833. The first kappa shape index (κ1) is 13.6. The number of halogens is 2. The number of amides is 1. The van der Waals surface area contributed by atoms with Gasteiger partial charge in [-0.2, -0.15) is 0 Å². The van der Waals surface area contributed by atoms with Crippen LogP contribution in [0.2, 0.25) is 10.3 Å². The maximum Gasteiger partial charge on any atom is 0.256 e. The van der Waals surface area contributed by atoms with E-state index < -0.39 is 0 Å². The lowest BCUT2D eigenvalue weighted by atomic mass is 10.1. The monoisotopic (exact) mass is 296 g/mol. The van der Waals surface area contributed by atoms with Crippen molar-refractivity contribution in [1.29, 1.82) is 0 Å². The van der Waals surface area contributed by atoms with Crippen molar-refractivity contribution in [1.82, 2.24) is 9.97 Å². The summed E-state index contributed by atoms with van der Waals surface area (Å²) in [4.78, 5) is 19.6. The van der Waals surface area contributed by atoms with Gasteiger partial charge < -0.3 is 11.1 Å². The maximum absolute atomic E-state index is 12.1. The Morgan fingerprint density at radius 2 is 1.89 bits per heavy atom. The summed E-state index contributed by atoms with van der Waals surface area (Å²) in [6.45, 7) is 1.79. The lowest BCUT2D eigenvalue weighted by Gasteiger charge is -2.09. The van der Waals surface area contributed by atoms with Crippen molar-refractivity contribution >= 4 is 40.5 Å². The molecule has 0 aliphatic carbocycles. The normalized spacial score (nSPS) is 10.3. The SMILES string of the molecule is Cc1cc(N)ccc1C(=O)Nc1c(Cl)ncnc1Cl. The molecule has 2 aromatic rings. The molecule has 0 unspecified atom stereocenters. The fourth-order valence-electron chi connectivity index (χ4n) is 1.57. The standard InChI is InChI=1S/C12H10Cl2N4O/c1-6-4-7(15)2-3-8(6)12(19)18-9-10(13)16-5-17-11(9)14/h2-5H,15H2,1H3,(H,18,19). The maximum atomic E-state index is 12.1. The first-order valence-electron chi connectivity index (χ1n) is 5.32. The Morgan fingerprint density at radius 1 is 1.26 bits per heavy atom. The summed E-state index contributed by atoms with van der Waals surface area (Å²) in [5.41, 5.74) is 7.64. The Labute approximate surface area is 119 Å². The predicted molar refractivity (Wildman–Crippen MR) is 75.6 cm³/mol. The average molecular weight is 297 g/mol. The van der Waals surface area contributed by atoms with Gasteiger partial charge >= 0.3 is 0 Å². The molecule has 0 aliphatic heterocycles. The Kier molecular flexibility index (Phi) is 3.87. The number of nitrogen functional groups attached to an aromatic ring is 1. The third kappa shape index (κ3) is 2.94. The van der Waals surface area contributed by atoms with Gasteiger partial charge in [-0.15, -0.1) is 0 Å². The number of aromatic nitrogens is 2. The van der Waals surface area contributed by atoms with Crippen LogP contribution in [0.25, 0.3) is 0 Å². The van der Waals surface area contributed by atoms with Crippen LogP contribution in [-0.4, -0.2) is 15.9 Å². The molecule has 0 spiro atoms. The number of hydrogen-bond donors (Lipinski definition) is 2. The molecule has 2 rings (SSSR count). The summed E-state index contributed by atoms with van der Waals surface area (Å²) in [6.07, 6.45) is 1.22. The van der Waals surface area contributed by atoms with Crippen molar-refractivity contribution < 1.29 is 4.79 Å². The summed E-state index contributed by atoms with van der Waals surface area (Å²) < 4.78 is 0. The molecule has 1 heterocycles. The van der Waals surface area contributed by atoms with E-state index in [2.05, 4.69) is 15.3 Å². The number of carbonyl (C=O) groups excluding carboxylic acids is 1. The third-order valence-electron chi connectivity index (χ3n) is 2.49. The Balaban J connectivity index is 2.31. The van der Waals surface area contributed by atoms with E-state index in [4.69, 9.17) is 28.9 Å². The summed E-state index contributed by atoms with van der Waals surface area (Å²) in [5, 5.41) is 2.76. The summed E-state index contributed by atoms with van der Waals surface area (Å²) >= 11 is 11.7. The quantitative estimate of drug-likeness (QED) is 0.659. The van der Waals surface area contributed by atoms with E-state index in [1.807, 2.05) is 0 Å². The molecule has 7 heteroatoms. The van der Waals surface area contributed by atoms with Crippen molar-refractivity contribution in [3.05, 3.63) is 46.0 Å². The summed E-state index contributed by atoms with van der Waals surface area (Å²) in [5.74, 6) is -0.351. The molecule has 1 amide bonds. The minimum atomic E-state index is -0.351. The van der Waals surface area contributed by atoms with Gasteiger partial charge in [0.2, 0.25) is 0 Å². The van der Waals surface area contributed by atoms with Gasteiger partial charge in [-0.1, -0.05) is 23.2 Å². The number of nitrogens with two attached hydrogens (primary N) is 1. The fourth-order valence-corrected chi connectivity index (χ4v) is 1.98. The molecular weight excluding hydrogens is 287 g/mol. The molecular formula is C12H10Cl2N4O.